The highest BCUT2D eigenvalue weighted by molar-refractivity contribution is 5.96. The second-order valence-corrected chi connectivity index (χ2v) is 12.3. The Morgan fingerprint density at radius 1 is 0.452 bits per heavy atom. The maximum absolute atomic E-state index is 15.1. The summed E-state index contributed by atoms with van der Waals surface area (Å²) < 4.78 is 15.1. The SMILES string of the molecule is CC1(C)c2ccccc2N(c2ccc3c(c2)C2(c4ccccc4-c4ccccc42)c2cc(F)ccc2-3)c2ccccc21. The van der Waals surface area contributed by atoms with Crippen LogP contribution in [0.25, 0.3) is 22.3 Å². The van der Waals surface area contributed by atoms with Crippen molar-refractivity contribution in [2.75, 3.05) is 4.90 Å². The summed E-state index contributed by atoms with van der Waals surface area (Å²) in [6.45, 7) is 4.63. The Hall–Kier alpha value is -4.95. The van der Waals surface area contributed by atoms with Gasteiger partial charge >= 0.3 is 0 Å². The molecule has 1 spiro atoms. The van der Waals surface area contributed by atoms with E-state index in [1.165, 1.54) is 55.9 Å². The van der Waals surface area contributed by atoms with E-state index in [9.17, 15) is 0 Å². The molecule has 0 aromatic heterocycles. The van der Waals surface area contributed by atoms with Gasteiger partial charge in [0.05, 0.1) is 16.8 Å². The fourth-order valence-electron chi connectivity index (χ4n) is 8.19. The zero-order valence-corrected chi connectivity index (χ0v) is 23.5. The van der Waals surface area contributed by atoms with Crippen LogP contribution in [0.1, 0.15) is 47.2 Å². The molecule has 0 radical (unpaired) electrons. The van der Waals surface area contributed by atoms with Crippen LogP contribution in [0.2, 0.25) is 0 Å². The van der Waals surface area contributed by atoms with Gasteiger partial charge in [-0.15, -0.1) is 0 Å². The monoisotopic (exact) mass is 541 g/mol. The van der Waals surface area contributed by atoms with Gasteiger partial charge in [0, 0.05) is 11.1 Å². The molecular formula is C40H28FN. The Bertz CT molecular complexity index is 2010. The molecule has 2 heteroatoms. The van der Waals surface area contributed by atoms with Crippen LogP contribution >= 0.6 is 0 Å². The number of anilines is 3. The van der Waals surface area contributed by atoms with Gasteiger partial charge in [-0.05, 0) is 92.0 Å². The van der Waals surface area contributed by atoms with E-state index in [4.69, 9.17) is 0 Å². The highest BCUT2D eigenvalue weighted by Crippen LogP contribution is 2.63. The van der Waals surface area contributed by atoms with Gasteiger partial charge in [0.15, 0.2) is 0 Å². The minimum absolute atomic E-state index is 0.126. The first kappa shape index (κ1) is 23.7. The number of benzene rings is 6. The van der Waals surface area contributed by atoms with Crippen molar-refractivity contribution in [3.63, 3.8) is 0 Å². The molecule has 1 aliphatic heterocycles. The average molecular weight is 542 g/mol. The molecular weight excluding hydrogens is 513 g/mol. The molecule has 1 nitrogen and oxygen atoms in total. The molecule has 6 aromatic rings. The summed E-state index contributed by atoms with van der Waals surface area (Å²) in [7, 11) is 0. The number of para-hydroxylation sites is 2. The van der Waals surface area contributed by atoms with Crippen molar-refractivity contribution in [2.24, 2.45) is 0 Å². The van der Waals surface area contributed by atoms with Crippen molar-refractivity contribution in [3.05, 3.63) is 173 Å². The number of fused-ring (bicyclic) bond motifs is 12. The maximum atomic E-state index is 15.1. The van der Waals surface area contributed by atoms with Gasteiger partial charge in [-0.1, -0.05) is 111 Å². The predicted octanol–water partition coefficient (Wildman–Crippen LogP) is 10.3. The second kappa shape index (κ2) is 8.08. The standard InChI is InChI=1S/C40H28FN/c1-39(2)33-15-7-9-17-37(33)42(38-18-10-8-16-34(38)39)26-20-22-30-29-21-19-25(41)23-35(29)40(36(30)24-26)31-13-5-3-11-27(31)28-12-4-6-14-32(28)40/h3-24H,1-2H3. The van der Waals surface area contributed by atoms with Crippen LogP contribution in [0.15, 0.2) is 133 Å². The number of hydrogen-bond donors (Lipinski definition) is 0. The number of nitrogens with zero attached hydrogens (tertiary/aromatic N) is 1. The summed E-state index contributed by atoms with van der Waals surface area (Å²) in [6.07, 6.45) is 0. The highest BCUT2D eigenvalue weighted by Gasteiger charge is 2.52. The largest absolute Gasteiger partial charge is 0.310 e. The number of hydrogen-bond acceptors (Lipinski definition) is 1. The maximum Gasteiger partial charge on any atom is 0.123 e. The Labute approximate surface area is 245 Å². The molecule has 42 heavy (non-hydrogen) atoms. The lowest BCUT2D eigenvalue weighted by molar-refractivity contribution is 0.622. The molecule has 0 N–H and O–H groups in total. The molecule has 0 saturated heterocycles. The quantitative estimate of drug-likeness (QED) is 0.200. The van der Waals surface area contributed by atoms with Gasteiger partial charge in [0.1, 0.15) is 5.82 Å². The zero-order chi connectivity index (χ0) is 28.2. The van der Waals surface area contributed by atoms with E-state index in [1.54, 1.807) is 12.1 Å². The molecule has 0 bridgehead atoms. The van der Waals surface area contributed by atoms with Gasteiger partial charge in [-0.2, -0.15) is 0 Å². The summed E-state index contributed by atoms with van der Waals surface area (Å²) >= 11 is 0. The lowest BCUT2D eigenvalue weighted by Crippen LogP contribution is -2.31. The normalized spacial score (nSPS) is 15.8. The van der Waals surface area contributed by atoms with Crippen LogP contribution in [-0.2, 0) is 10.8 Å². The van der Waals surface area contributed by atoms with Crippen molar-refractivity contribution >= 4 is 17.1 Å². The number of rotatable bonds is 1. The van der Waals surface area contributed by atoms with Crippen LogP contribution in [0.5, 0.6) is 0 Å². The fourth-order valence-corrected chi connectivity index (χ4v) is 8.19. The van der Waals surface area contributed by atoms with Gasteiger partial charge in [-0.3, -0.25) is 0 Å². The molecule has 9 rings (SSSR count). The smallest absolute Gasteiger partial charge is 0.123 e. The van der Waals surface area contributed by atoms with Crippen LogP contribution in [0.3, 0.4) is 0 Å². The van der Waals surface area contributed by atoms with E-state index in [2.05, 4.69) is 134 Å². The third-order valence-corrected chi connectivity index (χ3v) is 9.93. The first-order valence-corrected chi connectivity index (χ1v) is 14.6. The van der Waals surface area contributed by atoms with E-state index in [0.717, 1.165) is 16.8 Å². The van der Waals surface area contributed by atoms with E-state index in [-0.39, 0.29) is 11.2 Å². The summed E-state index contributed by atoms with van der Waals surface area (Å²) in [6, 6.07) is 47.1. The van der Waals surface area contributed by atoms with Crippen molar-refractivity contribution < 1.29 is 4.39 Å². The van der Waals surface area contributed by atoms with Crippen LogP contribution in [-0.4, -0.2) is 0 Å². The molecule has 0 unspecified atom stereocenters. The second-order valence-electron chi connectivity index (χ2n) is 12.3. The Morgan fingerprint density at radius 3 is 1.50 bits per heavy atom. The van der Waals surface area contributed by atoms with E-state index >= 15 is 4.39 Å². The van der Waals surface area contributed by atoms with Crippen LogP contribution in [0, 0.1) is 5.82 Å². The fraction of sp³-hybridized carbons (Fsp3) is 0.100. The van der Waals surface area contributed by atoms with Crippen LogP contribution < -0.4 is 4.90 Å². The predicted molar refractivity (Wildman–Crippen MR) is 170 cm³/mol. The van der Waals surface area contributed by atoms with Crippen molar-refractivity contribution in [1.29, 1.82) is 0 Å². The topological polar surface area (TPSA) is 3.24 Å². The van der Waals surface area contributed by atoms with Crippen molar-refractivity contribution in [2.45, 2.75) is 24.7 Å². The molecule has 2 aliphatic carbocycles. The van der Waals surface area contributed by atoms with Gasteiger partial charge in [-0.25, -0.2) is 4.39 Å². The molecule has 3 aliphatic rings. The summed E-state index contributed by atoms with van der Waals surface area (Å²) in [5, 5.41) is 0. The first-order chi connectivity index (χ1) is 20.5. The minimum Gasteiger partial charge on any atom is -0.310 e. The third-order valence-electron chi connectivity index (χ3n) is 9.93. The molecule has 6 aromatic carbocycles. The third kappa shape index (κ3) is 2.77. The summed E-state index contributed by atoms with van der Waals surface area (Å²) in [5.41, 5.74) is 14.8. The molecule has 200 valence electrons. The number of halogens is 1. The molecule has 0 saturated carbocycles. The van der Waals surface area contributed by atoms with Gasteiger partial charge in [0.25, 0.3) is 0 Å². The molecule has 0 atom stereocenters. The Balaban J connectivity index is 1.38. The zero-order valence-electron chi connectivity index (χ0n) is 23.5. The van der Waals surface area contributed by atoms with Gasteiger partial charge < -0.3 is 4.90 Å². The first-order valence-electron chi connectivity index (χ1n) is 14.6. The minimum atomic E-state index is -0.593. The highest BCUT2D eigenvalue weighted by atomic mass is 19.1. The van der Waals surface area contributed by atoms with E-state index in [0.29, 0.717) is 0 Å². The molecule has 0 fully saturated rings. The Morgan fingerprint density at radius 2 is 0.905 bits per heavy atom. The van der Waals surface area contributed by atoms with Gasteiger partial charge in [0.2, 0.25) is 0 Å². The summed E-state index contributed by atoms with van der Waals surface area (Å²) in [4.78, 5) is 2.42. The lowest BCUT2D eigenvalue weighted by Gasteiger charge is -2.42. The average Bonchev–Trinajstić information content (AvgIpc) is 3.48. The Kier molecular flexibility index (Phi) is 4.56. The molecule has 1 heterocycles. The molecule has 0 amide bonds. The van der Waals surface area contributed by atoms with Crippen molar-refractivity contribution in [1.82, 2.24) is 0 Å². The van der Waals surface area contributed by atoms with Crippen LogP contribution in [0.4, 0.5) is 21.5 Å². The lowest BCUT2D eigenvalue weighted by atomic mass is 9.70. The van der Waals surface area contributed by atoms with E-state index in [1.807, 2.05) is 6.07 Å². The van der Waals surface area contributed by atoms with E-state index < -0.39 is 5.41 Å². The summed E-state index contributed by atoms with van der Waals surface area (Å²) in [5.74, 6) is -0.205. The van der Waals surface area contributed by atoms with Crippen molar-refractivity contribution in [3.8, 4) is 22.3 Å².